The summed E-state index contributed by atoms with van der Waals surface area (Å²) in [5.74, 6) is 0.528. The summed E-state index contributed by atoms with van der Waals surface area (Å²) in [5, 5.41) is 18.2. The van der Waals surface area contributed by atoms with Crippen LogP contribution in [0.4, 0.5) is 11.4 Å². The second-order valence-electron chi connectivity index (χ2n) is 7.01. The Hall–Kier alpha value is -3.68. The van der Waals surface area contributed by atoms with Gasteiger partial charge in [-0.05, 0) is 50.5 Å². The van der Waals surface area contributed by atoms with Crippen LogP contribution >= 0.6 is 0 Å². The van der Waals surface area contributed by atoms with Crippen LogP contribution in [0, 0.1) is 30.9 Å². The fourth-order valence-corrected chi connectivity index (χ4v) is 2.78. The molecule has 0 spiro atoms. The first-order valence-electron chi connectivity index (χ1n) is 9.09. The van der Waals surface area contributed by atoms with Crippen molar-refractivity contribution in [2.45, 2.75) is 33.7 Å². The van der Waals surface area contributed by atoms with E-state index in [9.17, 15) is 14.9 Å². The first-order chi connectivity index (χ1) is 13.7. The highest BCUT2D eigenvalue weighted by Gasteiger charge is 2.18. The van der Waals surface area contributed by atoms with E-state index >= 15 is 0 Å². The van der Waals surface area contributed by atoms with Gasteiger partial charge in [-0.2, -0.15) is 5.10 Å². The summed E-state index contributed by atoms with van der Waals surface area (Å²) in [4.78, 5) is 23.4. The number of aromatic nitrogens is 2. The molecule has 0 aliphatic carbocycles. The van der Waals surface area contributed by atoms with Gasteiger partial charge in [0.1, 0.15) is 17.5 Å². The average Bonchev–Trinajstić information content (AvgIpc) is 3.10. The van der Waals surface area contributed by atoms with Gasteiger partial charge in [0.25, 0.3) is 5.69 Å². The van der Waals surface area contributed by atoms with Gasteiger partial charge in [-0.3, -0.25) is 19.6 Å². The van der Waals surface area contributed by atoms with Gasteiger partial charge in [0.05, 0.1) is 22.9 Å². The number of nitro benzene ring substituents is 1. The molecule has 1 amide bonds. The molecule has 8 heteroatoms. The Morgan fingerprint density at radius 3 is 2.59 bits per heavy atom. The number of non-ortho nitro benzene ring substituents is 1. The smallest absolute Gasteiger partial charge is 0.275 e. The third-order valence-electron chi connectivity index (χ3n) is 4.45. The number of ether oxygens (including phenoxy) is 1. The van der Waals surface area contributed by atoms with E-state index in [1.165, 1.54) is 16.8 Å². The number of rotatable bonds is 6. The lowest BCUT2D eigenvalue weighted by Gasteiger charge is -2.14. The predicted molar refractivity (Wildman–Crippen MR) is 109 cm³/mol. The van der Waals surface area contributed by atoms with Crippen molar-refractivity contribution in [3.63, 3.8) is 0 Å². The van der Waals surface area contributed by atoms with E-state index in [-0.39, 0.29) is 23.0 Å². The van der Waals surface area contributed by atoms with Crippen molar-refractivity contribution in [1.82, 2.24) is 9.78 Å². The quantitative estimate of drug-likeness (QED) is 0.482. The minimum absolute atomic E-state index is 0.175. The van der Waals surface area contributed by atoms with Gasteiger partial charge in [-0.15, -0.1) is 0 Å². The molecule has 0 radical (unpaired) electrons. The molecule has 0 aliphatic rings. The summed E-state index contributed by atoms with van der Waals surface area (Å²) in [6.45, 7) is 7.41. The normalized spacial score (nSPS) is 11.7. The first-order valence-corrected chi connectivity index (χ1v) is 9.09. The van der Waals surface area contributed by atoms with E-state index in [0.29, 0.717) is 5.75 Å². The zero-order chi connectivity index (χ0) is 21.1. The van der Waals surface area contributed by atoms with E-state index in [4.69, 9.17) is 4.74 Å². The molecule has 1 N–H and O–H groups in total. The van der Waals surface area contributed by atoms with Crippen LogP contribution in [0.5, 0.6) is 11.5 Å². The highest BCUT2D eigenvalue weighted by atomic mass is 16.6. The van der Waals surface area contributed by atoms with Crippen LogP contribution in [0.15, 0.2) is 48.8 Å². The maximum absolute atomic E-state index is 12.6. The zero-order valence-corrected chi connectivity index (χ0v) is 16.7. The van der Waals surface area contributed by atoms with Crippen molar-refractivity contribution in [2.75, 3.05) is 5.32 Å². The highest BCUT2D eigenvalue weighted by Crippen LogP contribution is 2.32. The molecule has 1 aromatic heterocycles. The summed E-state index contributed by atoms with van der Waals surface area (Å²) >= 11 is 0. The molecule has 0 saturated heterocycles. The zero-order valence-electron chi connectivity index (χ0n) is 16.7. The van der Waals surface area contributed by atoms with Crippen LogP contribution < -0.4 is 10.1 Å². The molecule has 3 aromatic rings. The van der Waals surface area contributed by atoms with Gasteiger partial charge in [0, 0.05) is 18.3 Å². The number of aryl methyl sites for hydroxylation is 3. The minimum atomic E-state index is -0.577. The molecule has 150 valence electrons. The summed E-state index contributed by atoms with van der Waals surface area (Å²) in [6, 6.07) is 9.35. The summed E-state index contributed by atoms with van der Waals surface area (Å²) in [7, 11) is 0. The molecular weight excluding hydrogens is 372 g/mol. The van der Waals surface area contributed by atoms with E-state index in [1.807, 2.05) is 39.0 Å². The van der Waals surface area contributed by atoms with E-state index in [2.05, 4.69) is 10.4 Å². The van der Waals surface area contributed by atoms with Gasteiger partial charge in [0.15, 0.2) is 0 Å². The number of carbonyl (C=O) groups is 1. The number of nitrogens with zero attached hydrogens (tertiary/aromatic N) is 3. The van der Waals surface area contributed by atoms with Crippen LogP contribution in [0.3, 0.4) is 0 Å². The van der Waals surface area contributed by atoms with Gasteiger partial charge in [-0.1, -0.05) is 12.1 Å². The third-order valence-corrected chi connectivity index (χ3v) is 4.45. The highest BCUT2D eigenvalue weighted by molar-refractivity contribution is 5.94. The monoisotopic (exact) mass is 394 g/mol. The second kappa shape index (κ2) is 8.14. The van der Waals surface area contributed by atoms with Crippen LogP contribution in [0.1, 0.15) is 29.7 Å². The van der Waals surface area contributed by atoms with Crippen LogP contribution in [-0.2, 0) is 4.79 Å². The van der Waals surface area contributed by atoms with Crippen LogP contribution in [0.2, 0.25) is 0 Å². The van der Waals surface area contributed by atoms with Gasteiger partial charge in [-0.25, -0.2) is 0 Å². The topological polar surface area (TPSA) is 99.3 Å². The van der Waals surface area contributed by atoms with E-state index in [1.54, 1.807) is 25.4 Å². The molecule has 3 rings (SSSR count). The minimum Gasteiger partial charge on any atom is -0.457 e. The lowest BCUT2D eigenvalue weighted by molar-refractivity contribution is -0.384. The number of amides is 1. The fourth-order valence-electron chi connectivity index (χ4n) is 2.78. The number of hydrogen-bond donors (Lipinski definition) is 1. The Balaban J connectivity index is 1.87. The van der Waals surface area contributed by atoms with Crippen LogP contribution in [-0.4, -0.2) is 20.6 Å². The Bertz CT molecular complexity index is 1070. The molecule has 2 aromatic carbocycles. The second-order valence-corrected chi connectivity index (χ2v) is 7.01. The molecule has 1 heterocycles. The van der Waals surface area contributed by atoms with Crippen LogP contribution in [0.25, 0.3) is 0 Å². The molecule has 0 aliphatic heterocycles. The largest absolute Gasteiger partial charge is 0.457 e. The summed E-state index contributed by atoms with van der Waals surface area (Å²) < 4.78 is 7.42. The van der Waals surface area contributed by atoms with Crippen molar-refractivity contribution in [3.05, 3.63) is 75.6 Å². The molecule has 0 saturated carbocycles. The Labute approximate surface area is 168 Å². The van der Waals surface area contributed by atoms with Gasteiger partial charge >= 0.3 is 0 Å². The van der Waals surface area contributed by atoms with Crippen molar-refractivity contribution in [1.29, 1.82) is 0 Å². The van der Waals surface area contributed by atoms with Crippen molar-refractivity contribution >= 4 is 17.3 Å². The maximum atomic E-state index is 12.6. The van der Waals surface area contributed by atoms with Crippen molar-refractivity contribution < 1.29 is 14.5 Å². The van der Waals surface area contributed by atoms with E-state index < -0.39 is 11.0 Å². The number of carbonyl (C=O) groups excluding carboxylic acids is 1. The third kappa shape index (κ3) is 4.78. The first kappa shape index (κ1) is 20.1. The number of nitrogens with one attached hydrogen (secondary N) is 1. The number of hydrogen-bond acceptors (Lipinski definition) is 5. The fraction of sp³-hybridized carbons (Fsp3) is 0.238. The molecule has 0 fully saturated rings. The van der Waals surface area contributed by atoms with E-state index in [0.717, 1.165) is 16.7 Å². The molecular formula is C21H22N4O4. The molecule has 8 nitrogen and oxygen atoms in total. The lowest BCUT2D eigenvalue weighted by atomic mass is 10.1. The Morgan fingerprint density at radius 1 is 1.17 bits per heavy atom. The number of nitro groups is 1. The molecule has 29 heavy (non-hydrogen) atoms. The summed E-state index contributed by atoms with van der Waals surface area (Å²) in [6.07, 6.45) is 3.42. The van der Waals surface area contributed by atoms with Gasteiger partial charge in [0.2, 0.25) is 5.91 Å². The molecule has 1 atom stereocenters. The Morgan fingerprint density at radius 2 is 1.93 bits per heavy atom. The Kier molecular flexibility index (Phi) is 5.63. The summed E-state index contributed by atoms with van der Waals surface area (Å²) in [5.41, 5.74) is 2.94. The molecule has 0 bridgehead atoms. The van der Waals surface area contributed by atoms with Crippen molar-refractivity contribution in [3.8, 4) is 11.5 Å². The lowest BCUT2D eigenvalue weighted by Crippen LogP contribution is -2.24. The number of anilines is 1. The van der Waals surface area contributed by atoms with Gasteiger partial charge < -0.3 is 10.1 Å². The predicted octanol–water partition coefficient (Wildman–Crippen LogP) is 4.71. The standard InChI is InChI=1S/C21H22N4O4/c1-13-5-6-15(3)20(7-13)29-19-9-17(8-18(10-19)25(27)28)23-21(26)16(4)24-12-14(2)11-22-24/h5-12,16H,1-4H3,(H,23,26). The molecule has 1 unspecified atom stereocenters. The van der Waals surface area contributed by atoms with Crippen molar-refractivity contribution in [2.24, 2.45) is 0 Å². The maximum Gasteiger partial charge on any atom is 0.275 e. The average molecular weight is 394 g/mol. The SMILES string of the molecule is Cc1ccc(C)c(Oc2cc(NC(=O)C(C)n3cc(C)cn3)cc([N+](=O)[O-])c2)c1. The number of benzene rings is 2.